The second-order valence-corrected chi connectivity index (χ2v) is 4.69. The zero-order valence-electron chi connectivity index (χ0n) is 12.3. The molecule has 0 aliphatic rings. The molecule has 1 amide bonds. The van der Waals surface area contributed by atoms with Crippen LogP contribution in [0, 0.1) is 17.0 Å². The van der Waals surface area contributed by atoms with Gasteiger partial charge in [-0.05, 0) is 19.4 Å². The summed E-state index contributed by atoms with van der Waals surface area (Å²) in [5.74, 6) is -0.0741. The van der Waals surface area contributed by atoms with Gasteiger partial charge in [0.1, 0.15) is 0 Å². The molecule has 1 heterocycles. The molecule has 0 atom stereocenters. The lowest BCUT2D eigenvalue weighted by Gasteiger charge is -2.07. The number of carbonyl (C=O) groups is 1. The van der Waals surface area contributed by atoms with Crippen molar-refractivity contribution in [1.82, 2.24) is 5.16 Å². The summed E-state index contributed by atoms with van der Waals surface area (Å²) in [7, 11) is 0. The summed E-state index contributed by atoms with van der Waals surface area (Å²) in [5.41, 5.74) is 1.86. The number of nitro benzene ring substituents is 1. The zero-order valence-corrected chi connectivity index (χ0v) is 12.3. The number of amides is 1. The molecule has 8 heteroatoms. The van der Waals surface area contributed by atoms with E-state index in [0.29, 0.717) is 23.4 Å². The third-order valence-corrected chi connectivity index (χ3v) is 3.01. The monoisotopic (exact) mass is 304 g/mol. The number of hydrogen-bond acceptors (Lipinski definition) is 6. The van der Waals surface area contributed by atoms with Gasteiger partial charge in [-0.25, -0.2) is 0 Å². The molecule has 1 aromatic carbocycles. The van der Waals surface area contributed by atoms with Crippen LogP contribution in [-0.4, -0.2) is 22.5 Å². The third kappa shape index (κ3) is 3.81. The van der Waals surface area contributed by atoms with Gasteiger partial charge in [0.25, 0.3) is 5.69 Å². The number of nitrogens with one attached hydrogen (secondary N) is 2. The van der Waals surface area contributed by atoms with Crippen molar-refractivity contribution >= 4 is 23.2 Å². The number of nitro groups is 1. The highest BCUT2D eigenvalue weighted by molar-refractivity contribution is 5.92. The average molecular weight is 304 g/mol. The Morgan fingerprint density at radius 3 is 2.77 bits per heavy atom. The van der Waals surface area contributed by atoms with Gasteiger partial charge in [-0.3, -0.25) is 20.2 Å². The van der Waals surface area contributed by atoms with Crippen LogP contribution < -0.4 is 10.6 Å². The molecule has 116 valence electrons. The summed E-state index contributed by atoms with van der Waals surface area (Å²) in [6.07, 6.45) is 0.571. The molecule has 0 bridgehead atoms. The van der Waals surface area contributed by atoms with E-state index in [9.17, 15) is 14.9 Å². The van der Waals surface area contributed by atoms with Gasteiger partial charge in [-0.2, -0.15) is 0 Å². The molecule has 0 spiro atoms. The molecule has 0 fully saturated rings. The lowest BCUT2D eigenvalue weighted by Crippen LogP contribution is -2.21. The van der Waals surface area contributed by atoms with Crippen molar-refractivity contribution < 1.29 is 14.2 Å². The SMILES string of the molecule is CCc1ccc(NCC(=O)Nc2cc(C)no2)cc1[N+](=O)[O-]. The van der Waals surface area contributed by atoms with Crippen molar-refractivity contribution in [3.8, 4) is 0 Å². The van der Waals surface area contributed by atoms with Gasteiger partial charge in [0.15, 0.2) is 0 Å². The van der Waals surface area contributed by atoms with E-state index in [2.05, 4.69) is 15.8 Å². The first-order valence-corrected chi connectivity index (χ1v) is 6.74. The first kappa shape index (κ1) is 15.5. The molecule has 2 aromatic rings. The van der Waals surface area contributed by atoms with Crippen molar-refractivity contribution in [1.29, 1.82) is 0 Å². The van der Waals surface area contributed by atoms with Crippen LogP contribution in [0.1, 0.15) is 18.2 Å². The van der Waals surface area contributed by atoms with Crippen molar-refractivity contribution in [3.05, 3.63) is 45.6 Å². The minimum Gasteiger partial charge on any atom is -0.376 e. The summed E-state index contributed by atoms with van der Waals surface area (Å²) in [4.78, 5) is 22.3. The van der Waals surface area contributed by atoms with E-state index >= 15 is 0 Å². The smallest absolute Gasteiger partial charge is 0.274 e. The van der Waals surface area contributed by atoms with Crippen LogP contribution >= 0.6 is 0 Å². The number of nitrogens with zero attached hydrogens (tertiary/aromatic N) is 2. The van der Waals surface area contributed by atoms with E-state index < -0.39 is 4.92 Å². The lowest BCUT2D eigenvalue weighted by molar-refractivity contribution is -0.385. The molecule has 2 rings (SSSR count). The molecular weight excluding hydrogens is 288 g/mol. The fourth-order valence-electron chi connectivity index (χ4n) is 1.93. The molecule has 0 aliphatic carbocycles. The molecule has 0 radical (unpaired) electrons. The van der Waals surface area contributed by atoms with Crippen molar-refractivity contribution in [2.75, 3.05) is 17.2 Å². The Morgan fingerprint density at radius 2 is 2.18 bits per heavy atom. The first-order chi connectivity index (χ1) is 10.5. The van der Waals surface area contributed by atoms with Gasteiger partial charge in [0, 0.05) is 23.4 Å². The fraction of sp³-hybridized carbons (Fsp3) is 0.286. The van der Waals surface area contributed by atoms with Gasteiger partial charge in [0.2, 0.25) is 11.8 Å². The highest BCUT2D eigenvalue weighted by atomic mass is 16.6. The fourth-order valence-corrected chi connectivity index (χ4v) is 1.93. The average Bonchev–Trinajstić information content (AvgIpc) is 2.89. The summed E-state index contributed by atoms with van der Waals surface area (Å²) in [5, 5.41) is 20.0. The molecular formula is C14H16N4O4. The second kappa shape index (κ2) is 6.70. The molecule has 2 N–H and O–H groups in total. The number of aryl methyl sites for hydroxylation is 2. The van der Waals surface area contributed by atoms with E-state index in [-0.39, 0.29) is 24.0 Å². The maximum absolute atomic E-state index is 11.7. The van der Waals surface area contributed by atoms with E-state index in [4.69, 9.17) is 4.52 Å². The summed E-state index contributed by atoms with van der Waals surface area (Å²) in [6, 6.07) is 6.40. The molecule has 1 aromatic heterocycles. The quantitative estimate of drug-likeness (QED) is 0.626. The van der Waals surface area contributed by atoms with E-state index in [0.717, 1.165) is 0 Å². The lowest BCUT2D eigenvalue weighted by atomic mass is 10.1. The van der Waals surface area contributed by atoms with Crippen LogP contribution in [0.3, 0.4) is 0 Å². The Kier molecular flexibility index (Phi) is 4.72. The van der Waals surface area contributed by atoms with Gasteiger partial charge < -0.3 is 9.84 Å². The Bertz CT molecular complexity index is 696. The maximum atomic E-state index is 11.7. The molecule has 0 saturated carbocycles. The Hall–Kier alpha value is -2.90. The standard InChI is InChI=1S/C14H16N4O4/c1-3-10-4-5-11(7-12(10)18(20)21)15-8-13(19)16-14-6-9(2)17-22-14/h4-7,15H,3,8H2,1-2H3,(H,16,19). The summed E-state index contributed by atoms with van der Waals surface area (Å²) >= 11 is 0. The topological polar surface area (TPSA) is 110 Å². The normalized spacial score (nSPS) is 10.3. The van der Waals surface area contributed by atoms with Crippen LogP contribution in [0.4, 0.5) is 17.3 Å². The van der Waals surface area contributed by atoms with Crippen LogP contribution in [0.2, 0.25) is 0 Å². The van der Waals surface area contributed by atoms with Crippen molar-refractivity contribution in [2.24, 2.45) is 0 Å². The van der Waals surface area contributed by atoms with Crippen LogP contribution in [0.15, 0.2) is 28.8 Å². The number of hydrogen-bond donors (Lipinski definition) is 2. The number of anilines is 2. The van der Waals surface area contributed by atoms with E-state index in [1.54, 1.807) is 25.1 Å². The van der Waals surface area contributed by atoms with Gasteiger partial charge in [-0.1, -0.05) is 18.1 Å². The van der Waals surface area contributed by atoms with Crippen molar-refractivity contribution in [2.45, 2.75) is 20.3 Å². The number of carbonyl (C=O) groups excluding carboxylic acids is 1. The third-order valence-electron chi connectivity index (χ3n) is 3.01. The Balaban J connectivity index is 1.97. The molecule has 0 saturated heterocycles. The first-order valence-electron chi connectivity index (χ1n) is 6.74. The van der Waals surface area contributed by atoms with E-state index in [1.807, 2.05) is 6.92 Å². The number of benzene rings is 1. The highest BCUT2D eigenvalue weighted by Gasteiger charge is 2.13. The minimum absolute atomic E-state index is 0.0393. The predicted molar refractivity (Wildman–Crippen MR) is 80.8 cm³/mol. The maximum Gasteiger partial charge on any atom is 0.274 e. The molecule has 22 heavy (non-hydrogen) atoms. The van der Waals surface area contributed by atoms with Gasteiger partial charge >= 0.3 is 0 Å². The van der Waals surface area contributed by atoms with Gasteiger partial charge in [0.05, 0.1) is 17.2 Å². The molecule has 0 aliphatic heterocycles. The predicted octanol–water partition coefficient (Wildman–Crippen LogP) is 2.50. The van der Waals surface area contributed by atoms with Crippen LogP contribution in [-0.2, 0) is 11.2 Å². The molecule has 0 unspecified atom stereocenters. The Labute approximate surface area is 126 Å². The Morgan fingerprint density at radius 1 is 1.41 bits per heavy atom. The number of aromatic nitrogens is 1. The second-order valence-electron chi connectivity index (χ2n) is 4.69. The van der Waals surface area contributed by atoms with Gasteiger partial charge in [-0.15, -0.1) is 0 Å². The molecule has 8 nitrogen and oxygen atoms in total. The van der Waals surface area contributed by atoms with E-state index in [1.165, 1.54) is 6.07 Å². The van der Waals surface area contributed by atoms with Crippen LogP contribution in [0.5, 0.6) is 0 Å². The number of rotatable bonds is 6. The zero-order chi connectivity index (χ0) is 16.1. The van der Waals surface area contributed by atoms with Crippen molar-refractivity contribution in [3.63, 3.8) is 0 Å². The minimum atomic E-state index is -0.429. The highest BCUT2D eigenvalue weighted by Crippen LogP contribution is 2.23. The summed E-state index contributed by atoms with van der Waals surface area (Å²) in [6.45, 7) is 3.55. The van der Waals surface area contributed by atoms with Crippen LogP contribution in [0.25, 0.3) is 0 Å². The largest absolute Gasteiger partial charge is 0.376 e. The summed E-state index contributed by atoms with van der Waals surface area (Å²) < 4.78 is 4.87.